The fourth-order valence-corrected chi connectivity index (χ4v) is 3.11. The van der Waals surface area contributed by atoms with E-state index in [0.29, 0.717) is 55.5 Å². The van der Waals surface area contributed by atoms with Crippen LogP contribution in [0, 0.1) is 11.8 Å². The predicted molar refractivity (Wildman–Crippen MR) is 105 cm³/mol. The summed E-state index contributed by atoms with van der Waals surface area (Å²) >= 11 is 0. The van der Waals surface area contributed by atoms with Crippen molar-refractivity contribution in [3.05, 3.63) is 23.8 Å². The number of methoxy groups -OCH3 is 1. The SMILES string of the molecule is CCOc1cc(C(=O)N2CCC(C(=O)NC(C)C(C)C)CC2)ccc1OC. The summed E-state index contributed by atoms with van der Waals surface area (Å²) < 4.78 is 10.8. The fraction of sp³-hybridized carbons (Fsp3) is 0.619. The number of carbonyl (C=O) groups is 2. The minimum atomic E-state index is -0.0342. The van der Waals surface area contributed by atoms with E-state index in [4.69, 9.17) is 9.47 Å². The molecule has 27 heavy (non-hydrogen) atoms. The van der Waals surface area contributed by atoms with Gasteiger partial charge in [-0.3, -0.25) is 9.59 Å². The summed E-state index contributed by atoms with van der Waals surface area (Å²) in [4.78, 5) is 27.0. The van der Waals surface area contributed by atoms with Crippen molar-refractivity contribution in [3.8, 4) is 11.5 Å². The van der Waals surface area contributed by atoms with Crippen LogP contribution in [0.4, 0.5) is 0 Å². The number of ether oxygens (including phenoxy) is 2. The van der Waals surface area contributed by atoms with Crippen molar-refractivity contribution >= 4 is 11.8 Å². The molecule has 1 atom stereocenters. The van der Waals surface area contributed by atoms with E-state index < -0.39 is 0 Å². The van der Waals surface area contributed by atoms with Gasteiger partial charge in [-0.15, -0.1) is 0 Å². The van der Waals surface area contributed by atoms with Gasteiger partial charge in [0.1, 0.15) is 0 Å². The highest BCUT2D eigenvalue weighted by Gasteiger charge is 2.29. The van der Waals surface area contributed by atoms with Gasteiger partial charge < -0.3 is 19.7 Å². The first kappa shape index (κ1) is 21.1. The van der Waals surface area contributed by atoms with Crippen LogP contribution in [0.1, 0.15) is 50.9 Å². The highest BCUT2D eigenvalue weighted by molar-refractivity contribution is 5.95. The molecule has 6 heteroatoms. The van der Waals surface area contributed by atoms with Gasteiger partial charge in [0.2, 0.25) is 5.91 Å². The van der Waals surface area contributed by atoms with Gasteiger partial charge in [0.15, 0.2) is 11.5 Å². The molecule has 1 N–H and O–H groups in total. The molecule has 0 spiro atoms. The van der Waals surface area contributed by atoms with E-state index in [1.54, 1.807) is 25.3 Å². The van der Waals surface area contributed by atoms with Gasteiger partial charge in [-0.2, -0.15) is 0 Å². The standard InChI is InChI=1S/C21H32N2O4/c1-6-27-19-13-17(7-8-18(19)26-5)21(25)23-11-9-16(10-12-23)20(24)22-15(4)14(2)3/h7-8,13-16H,6,9-12H2,1-5H3,(H,22,24). The molecule has 1 saturated heterocycles. The first-order valence-corrected chi connectivity index (χ1v) is 9.77. The lowest BCUT2D eigenvalue weighted by Gasteiger charge is -2.32. The number of rotatable bonds is 7. The number of amides is 2. The van der Waals surface area contributed by atoms with Gasteiger partial charge in [0.25, 0.3) is 5.91 Å². The maximum atomic E-state index is 12.8. The second kappa shape index (κ2) is 9.62. The summed E-state index contributed by atoms with van der Waals surface area (Å²) in [5, 5.41) is 3.09. The third-order valence-electron chi connectivity index (χ3n) is 5.23. The number of carbonyl (C=O) groups excluding carboxylic acids is 2. The Bertz CT molecular complexity index is 652. The number of benzene rings is 1. The minimum Gasteiger partial charge on any atom is -0.493 e. The Hall–Kier alpha value is -2.24. The van der Waals surface area contributed by atoms with Crippen LogP contribution in [0.15, 0.2) is 18.2 Å². The molecule has 6 nitrogen and oxygen atoms in total. The van der Waals surface area contributed by atoms with Crippen LogP contribution in [0.25, 0.3) is 0 Å². The van der Waals surface area contributed by atoms with E-state index in [-0.39, 0.29) is 23.8 Å². The lowest BCUT2D eigenvalue weighted by molar-refractivity contribution is -0.127. The van der Waals surface area contributed by atoms with E-state index in [0.717, 1.165) is 0 Å². The zero-order valence-electron chi connectivity index (χ0n) is 17.1. The normalized spacial score (nSPS) is 16.1. The summed E-state index contributed by atoms with van der Waals surface area (Å²) in [7, 11) is 1.58. The Morgan fingerprint density at radius 3 is 2.41 bits per heavy atom. The van der Waals surface area contributed by atoms with Gasteiger partial charge in [-0.25, -0.2) is 0 Å². The molecular formula is C21H32N2O4. The van der Waals surface area contributed by atoms with Crippen molar-refractivity contribution < 1.29 is 19.1 Å². The quantitative estimate of drug-likeness (QED) is 0.794. The monoisotopic (exact) mass is 376 g/mol. The van der Waals surface area contributed by atoms with Crippen molar-refractivity contribution in [1.29, 1.82) is 0 Å². The average molecular weight is 376 g/mol. The van der Waals surface area contributed by atoms with Crippen molar-refractivity contribution in [1.82, 2.24) is 10.2 Å². The first-order valence-electron chi connectivity index (χ1n) is 9.77. The highest BCUT2D eigenvalue weighted by atomic mass is 16.5. The van der Waals surface area contributed by atoms with Crippen molar-refractivity contribution in [2.24, 2.45) is 11.8 Å². The van der Waals surface area contributed by atoms with Crippen LogP contribution in [0.2, 0.25) is 0 Å². The zero-order valence-corrected chi connectivity index (χ0v) is 17.1. The molecule has 1 aliphatic heterocycles. The van der Waals surface area contributed by atoms with Gasteiger partial charge in [-0.1, -0.05) is 13.8 Å². The fourth-order valence-electron chi connectivity index (χ4n) is 3.11. The summed E-state index contributed by atoms with van der Waals surface area (Å²) in [5.41, 5.74) is 0.579. The van der Waals surface area contributed by atoms with Crippen molar-refractivity contribution in [2.45, 2.75) is 46.6 Å². The van der Waals surface area contributed by atoms with Crippen LogP contribution in [0.3, 0.4) is 0 Å². The predicted octanol–water partition coefficient (Wildman–Crippen LogP) is 3.11. The molecule has 2 rings (SSSR count). The molecule has 0 radical (unpaired) electrons. The van der Waals surface area contributed by atoms with Gasteiger partial charge in [0.05, 0.1) is 13.7 Å². The molecular weight excluding hydrogens is 344 g/mol. The second-order valence-electron chi connectivity index (χ2n) is 7.41. The lowest BCUT2D eigenvalue weighted by Crippen LogP contribution is -2.45. The molecule has 150 valence electrons. The topological polar surface area (TPSA) is 67.9 Å². The summed E-state index contributed by atoms with van der Waals surface area (Å²) in [6.45, 7) is 9.79. The number of piperidine rings is 1. The van der Waals surface area contributed by atoms with Crippen LogP contribution in [0.5, 0.6) is 11.5 Å². The number of hydrogen-bond acceptors (Lipinski definition) is 4. The summed E-state index contributed by atoms with van der Waals surface area (Å²) in [5.74, 6) is 1.64. The molecule has 0 saturated carbocycles. The maximum Gasteiger partial charge on any atom is 0.253 e. The number of hydrogen-bond donors (Lipinski definition) is 1. The molecule has 0 bridgehead atoms. The van der Waals surface area contributed by atoms with E-state index in [1.807, 2.05) is 18.7 Å². The number of nitrogens with one attached hydrogen (secondary N) is 1. The van der Waals surface area contributed by atoms with E-state index in [9.17, 15) is 9.59 Å². The van der Waals surface area contributed by atoms with Gasteiger partial charge in [-0.05, 0) is 50.8 Å². The largest absolute Gasteiger partial charge is 0.493 e. The van der Waals surface area contributed by atoms with Crippen LogP contribution in [-0.4, -0.2) is 49.6 Å². The average Bonchev–Trinajstić information content (AvgIpc) is 2.67. The zero-order chi connectivity index (χ0) is 20.0. The molecule has 1 aromatic rings. The molecule has 1 heterocycles. The first-order chi connectivity index (χ1) is 12.9. The molecule has 2 amide bonds. The number of nitrogens with zero attached hydrogens (tertiary/aromatic N) is 1. The van der Waals surface area contributed by atoms with E-state index in [1.165, 1.54) is 0 Å². The van der Waals surface area contributed by atoms with Crippen molar-refractivity contribution in [3.63, 3.8) is 0 Å². The Morgan fingerprint density at radius 2 is 1.85 bits per heavy atom. The second-order valence-corrected chi connectivity index (χ2v) is 7.41. The van der Waals surface area contributed by atoms with Crippen LogP contribution < -0.4 is 14.8 Å². The Balaban J connectivity index is 1.96. The number of likely N-dealkylation sites (tertiary alicyclic amines) is 1. The van der Waals surface area contributed by atoms with Crippen LogP contribution >= 0.6 is 0 Å². The minimum absolute atomic E-state index is 0.0231. The Labute approximate surface area is 162 Å². The Kier molecular flexibility index (Phi) is 7.51. The maximum absolute atomic E-state index is 12.8. The van der Waals surface area contributed by atoms with Gasteiger partial charge >= 0.3 is 0 Å². The molecule has 1 fully saturated rings. The Morgan fingerprint density at radius 1 is 1.19 bits per heavy atom. The summed E-state index contributed by atoms with van der Waals surface area (Å²) in [6.07, 6.45) is 1.38. The van der Waals surface area contributed by atoms with E-state index in [2.05, 4.69) is 19.2 Å². The molecule has 0 aliphatic carbocycles. The smallest absolute Gasteiger partial charge is 0.253 e. The molecule has 0 aromatic heterocycles. The summed E-state index contributed by atoms with van der Waals surface area (Å²) in [6, 6.07) is 5.40. The van der Waals surface area contributed by atoms with Crippen LogP contribution in [-0.2, 0) is 4.79 Å². The third-order valence-corrected chi connectivity index (χ3v) is 5.23. The molecule has 1 unspecified atom stereocenters. The molecule has 1 aliphatic rings. The lowest BCUT2D eigenvalue weighted by atomic mass is 9.94. The highest BCUT2D eigenvalue weighted by Crippen LogP contribution is 2.29. The van der Waals surface area contributed by atoms with Gasteiger partial charge in [0, 0.05) is 30.6 Å². The third kappa shape index (κ3) is 5.37. The van der Waals surface area contributed by atoms with E-state index >= 15 is 0 Å². The van der Waals surface area contributed by atoms with Crippen molar-refractivity contribution in [2.75, 3.05) is 26.8 Å². The molecule has 1 aromatic carbocycles.